The molecule has 0 aliphatic carbocycles. The lowest BCUT2D eigenvalue weighted by molar-refractivity contribution is 0.102. The van der Waals surface area contributed by atoms with Crippen molar-refractivity contribution in [3.05, 3.63) is 63.0 Å². The molecule has 0 aliphatic heterocycles. The third-order valence-electron chi connectivity index (χ3n) is 3.57. The molecule has 1 N–H and O–H groups in total. The fourth-order valence-corrected chi connectivity index (χ4v) is 3.07. The number of fused-ring (bicyclic) bond motifs is 1. The van der Waals surface area contributed by atoms with Crippen LogP contribution >= 0.6 is 34.8 Å². The van der Waals surface area contributed by atoms with E-state index in [1.807, 2.05) is 47.8 Å². The van der Waals surface area contributed by atoms with Crippen molar-refractivity contribution in [3.8, 4) is 0 Å². The second-order valence-electron chi connectivity index (χ2n) is 5.77. The summed E-state index contributed by atoms with van der Waals surface area (Å²) in [4.78, 5) is 19.2. The lowest BCUT2D eigenvalue weighted by Gasteiger charge is -2.12. The minimum atomic E-state index is -0.360. The van der Waals surface area contributed by atoms with Crippen LogP contribution in [0.4, 0.5) is 5.69 Å². The molecule has 0 spiro atoms. The molecule has 2 aromatic heterocycles. The average Bonchev–Trinajstić information content (AvgIpc) is 2.91. The first-order valence-corrected chi connectivity index (χ1v) is 8.57. The van der Waals surface area contributed by atoms with E-state index in [4.69, 9.17) is 34.8 Å². The molecule has 0 unspecified atom stereocenters. The molecule has 3 rings (SSSR count). The van der Waals surface area contributed by atoms with Crippen molar-refractivity contribution in [2.45, 2.75) is 6.54 Å². The molecule has 0 radical (unpaired) electrons. The van der Waals surface area contributed by atoms with Gasteiger partial charge in [0.1, 0.15) is 5.65 Å². The maximum absolute atomic E-state index is 12.8. The van der Waals surface area contributed by atoms with E-state index in [-0.39, 0.29) is 5.91 Å². The largest absolute Gasteiger partial charge is 0.319 e. The molecular weight excluding hydrogens is 383 g/mol. The Kier molecular flexibility index (Phi) is 5.20. The molecule has 0 aliphatic rings. The second-order valence-corrected chi connectivity index (χ2v) is 7.00. The molecule has 0 fully saturated rings. The Morgan fingerprint density at radius 3 is 2.60 bits per heavy atom. The van der Waals surface area contributed by atoms with Gasteiger partial charge in [0.25, 0.3) is 5.91 Å². The summed E-state index contributed by atoms with van der Waals surface area (Å²) in [5.74, 6) is -0.360. The zero-order valence-electron chi connectivity index (χ0n) is 13.6. The number of nitrogens with zero attached hydrogens (tertiary/aromatic N) is 3. The number of amides is 1. The Bertz CT molecular complexity index is 952. The molecule has 0 bridgehead atoms. The standard InChI is InChI=1S/C17H15Cl3N4O/c1-23(2)9-14-16(22-15-5-3-4-6-24(14)15)17(25)21-13-8-11(19)10(18)7-12(13)20/h3-8H,9H2,1-2H3,(H,21,25). The molecule has 8 heteroatoms. The van der Waals surface area contributed by atoms with Gasteiger partial charge in [0.05, 0.1) is 26.4 Å². The summed E-state index contributed by atoms with van der Waals surface area (Å²) in [5.41, 5.74) is 2.20. The van der Waals surface area contributed by atoms with Gasteiger partial charge in [-0.25, -0.2) is 4.98 Å². The normalized spacial score (nSPS) is 11.3. The Balaban J connectivity index is 2.01. The first-order valence-electron chi connectivity index (χ1n) is 7.43. The third kappa shape index (κ3) is 3.75. The third-order valence-corrected chi connectivity index (χ3v) is 4.60. The number of rotatable bonds is 4. The minimum absolute atomic E-state index is 0.306. The van der Waals surface area contributed by atoms with Gasteiger partial charge in [-0.15, -0.1) is 0 Å². The quantitative estimate of drug-likeness (QED) is 0.654. The van der Waals surface area contributed by atoms with Gasteiger partial charge in [-0.3, -0.25) is 4.79 Å². The molecule has 0 saturated heterocycles. The lowest BCUT2D eigenvalue weighted by atomic mass is 10.2. The molecule has 1 aromatic carbocycles. The Morgan fingerprint density at radius 1 is 1.16 bits per heavy atom. The van der Waals surface area contributed by atoms with Crippen molar-refractivity contribution in [2.75, 3.05) is 19.4 Å². The van der Waals surface area contributed by atoms with Crippen LogP contribution < -0.4 is 5.32 Å². The van der Waals surface area contributed by atoms with Crippen LogP contribution in [0.15, 0.2) is 36.5 Å². The van der Waals surface area contributed by atoms with E-state index < -0.39 is 0 Å². The summed E-state index contributed by atoms with van der Waals surface area (Å²) in [7, 11) is 3.86. The van der Waals surface area contributed by atoms with Gasteiger partial charge < -0.3 is 14.6 Å². The van der Waals surface area contributed by atoms with Crippen LogP contribution in [0.2, 0.25) is 15.1 Å². The number of aromatic nitrogens is 2. The number of hydrogen-bond acceptors (Lipinski definition) is 3. The molecule has 2 heterocycles. The van der Waals surface area contributed by atoms with E-state index in [1.165, 1.54) is 12.1 Å². The number of halogens is 3. The zero-order valence-corrected chi connectivity index (χ0v) is 15.8. The van der Waals surface area contributed by atoms with Crippen LogP contribution in [0, 0.1) is 0 Å². The fraction of sp³-hybridized carbons (Fsp3) is 0.176. The Hall–Kier alpha value is -1.79. The van der Waals surface area contributed by atoms with E-state index in [0.717, 1.165) is 5.69 Å². The second kappa shape index (κ2) is 7.22. The molecule has 25 heavy (non-hydrogen) atoms. The van der Waals surface area contributed by atoms with Crippen molar-refractivity contribution in [1.82, 2.24) is 14.3 Å². The number of carbonyl (C=O) groups is 1. The number of imidazole rings is 1. The zero-order chi connectivity index (χ0) is 18.1. The van der Waals surface area contributed by atoms with Crippen LogP contribution in [0.5, 0.6) is 0 Å². The molecule has 130 valence electrons. The summed E-state index contributed by atoms with van der Waals surface area (Å²) >= 11 is 18.1. The molecule has 3 aromatic rings. The molecule has 5 nitrogen and oxygen atoms in total. The summed E-state index contributed by atoms with van der Waals surface area (Å²) in [6.07, 6.45) is 1.88. The first-order chi connectivity index (χ1) is 11.9. The highest BCUT2D eigenvalue weighted by atomic mass is 35.5. The maximum atomic E-state index is 12.8. The van der Waals surface area contributed by atoms with E-state index in [1.54, 1.807) is 0 Å². The highest BCUT2D eigenvalue weighted by Gasteiger charge is 2.20. The van der Waals surface area contributed by atoms with E-state index >= 15 is 0 Å². The highest BCUT2D eigenvalue weighted by molar-refractivity contribution is 6.44. The first kappa shape index (κ1) is 18.0. The molecule has 0 atom stereocenters. The maximum Gasteiger partial charge on any atom is 0.276 e. The van der Waals surface area contributed by atoms with Gasteiger partial charge in [-0.2, -0.15) is 0 Å². The summed E-state index contributed by atoms with van der Waals surface area (Å²) < 4.78 is 1.89. The van der Waals surface area contributed by atoms with Crippen LogP contribution in [0.1, 0.15) is 16.2 Å². The SMILES string of the molecule is CN(C)Cc1c(C(=O)Nc2cc(Cl)c(Cl)cc2Cl)nc2ccccn12. The molecule has 1 amide bonds. The summed E-state index contributed by atoms with van der Waals surface area (Å²) in [6, 6.07) is 8.63. The van der Waals surface area contributed by atoms with Crippen molar-refractivity contribution >= 4 is 52.0 Å². The highest BCUT2D eigenvalue weighted by Crippen LogP contribution is 2.32. The van der Waals surface area contributed by atoms with Crippen molar-refractivity contribution in [2.24, 2.45) is 0 Å². The number of nitrogens with one attached hydrogen (secondary N) is 1. The number of hydrogen-bond donors (Lipinski definition) is 1. The Morgan fingerprint density at radius 2 is 1.88 bits per heavy atom. The summed E-state index contributed by atoms with van der Waals surface area (Å²) in [5, 5.41) is 3.70. The van der Waals surface area contributed by atoms with Gasteiger partial charge in [-0.1, -0.05) is 40.9 Å². The summed E-state index contributed by atoms with van der Waals surface area (Å²) in [6.45, 7) is 0.559. The topological polar surface area (TPSA) is 49.6 Å². The predicted octanol–water partition coefficient (Wildman–Crippen LogP) is 4.61. The lowest BCUT2D eigenvalue weighted by Crippen LogP contribution is -2.19. The number of benzene rings is 1. The Labute approximate surface area is 160 Å². The average molecular weight is 398 g/mol. The van der Waals surface area contributed by atoms with Gasteiger partial charge in [0.15, 0.2) is 5.69 Å². The van der Waals surface area contributed by atoms with Gasteiger partial charge in [-0.05, 0) is 38.4 Å². The number of anilines is 1. The van der Waals surface area contributed by atoms with E-state index in [0.29, 0.717) is 38.6 Å². The van der Waals surface area contributed by atoms with Crippen LogP contribution in [0.25, 0.3) is 5.65 Å². The van der Waals surface area contributed by atoms with Gasteiger partial charge >= 0.3 is 0 Å². The monoisotopic (exact) mass is 396 g/mol. The minimum Gasteiger partial charge on any atom is -0.319 e. The molecule has 0 saturated carbocycles. The number of pyridine rings is 1. The smallest absolute Gasteiger partial charge is 0.276 e. The van der Waals surface area contributed by atoms with Crippen LogP contribution in [0.3, 0.4) is 0 Å². The van der Waals surface area contributed by atoms with Crippen LogP contribution in [-0.2, 0) is 6.54 Å². The van der Waals surface area contributed by atoms with Crippen molar-refractivity contribution in [3.63, 3.8) is 0 Å². The van der Waals surface area contributed by atoms with Crippen molar-refractivity contribution in [1.29, 1.82) is 0 Å². The van der Waals surface area contributed by atoms with E-state index in [9.17, 15) is 4.79 Å². The van der Waals surface area contributed by atoms with Crippen LogP contribution in [-0.4, -0.2) is 34.3 Å². The van der Waals surface area contributed by atoms with Gasteiger partial charge in [0, 0.05) is 12.7 Å². The van der Waals surface area contributed by atoms with Crippen molar-refractivity contribution < 1.29 is 4.79 Å². The van der Waals surface area contributed by atoms with Gasteiger partial charge in [0.2, 0.25) is 0 Å². The van der Waals surface area contributed by atoms with E-state index in [2.05, 4.69) is 10.3 Å². The number of carbonyl (C=O) groups excluding carboxylic acids is 1. The fourth-order valence-electron chi connectivity index (χ4n) is 2.48. The predicted molar refractivity (Wildman–Crippen MR) is 102 cm³/mol. The molecular formula is C17H15Cl3N4O.